The molecule has 0 saturated carbocycles. The van der Waals surface area contributed by atoms with Crippen molar-refractivity contribution in [2.75, 3.05) is 0 Å². The van der Waals surface area contributed by atoms with Crippen LogP contribution in [0.4, 0.5) is 0 Å². The van der Waals surface area contributed by atoms with Gasteiger partial charge in [-0.1, -0.05) is 6.07 Å². The van der Waals surface area contributed by atoms with Crippen LogP contribution >= 0.6 is 0 Å². The van der Waals surface area contributed by atoms with E-state index in [-0.39, 0.29) is 5.56 Å². The van der Waals surface area contributed by atoms with Crippen molar-refractivity contribution in [3.8, 4) is 5.69 Å². The van der Waals surface area contributed by atoms with Gasteiger partial charge in [-0.05, 0) is 25.1 Å². The molecule has 1 heterocycles. The Bertz CT molecular complexity index is 505. The molecule has 0 spiro atoms. The quantitative estimate of drug-likeness (QED) is 0.798. The van der Waals surface area contributed by atoms with Crippen molar-refractivity contribution in [3.63, 3.8) is 0 Å². The fourth-order valence-corrected chi connectivity index (χ4v) is 1.32. The Labute approximate surface area is 86.0 Å². The van der Waals surface area contributed by atoms with Gasteiger partial charge in [0.15, 0.2) is 0 Å². The number of carboxylic acids is 1. The summed E-state index contributed by atoms with van der Waals surface area (Å²) in [6.07, 6.45) is 1.43. The van der Waals surface area contributed by atoms with E-state index in [2.05, 4.69) is 10.1 Å². The molecule has 0 amide bonds. The van der Waals surface area contributed by atoms with Crippen molar-refractivity contribution in [1.29, 1.82) is 0 Å². The van der Waals surface area contributed by atoms with Gasteiger partial charge in [-0.2, -0.15) is 5.10 Å². The average molecular weight is 203 g/mol. The second kappa shape index (κ2) is 3.53. The molecule has 1 aromatic carbocycles. The lowest BCUT2D eigenvalue weighted by Gasteiger charge is -2.03. The van der Waals surface area contributed by atoms with Crippen molar-refractivity contribution in [2.24, 2.45) is 0 Å². The highest BCUT2D eigenvalue weighted by molar-refractivity contribution is 5.88. The van der Waals surface area contributed by atoms with Crippen LogP contribution in [0, 0.1) is 6.92 Å². The third-order valence-corrected chi connectivity index (χ3v) is 2.06. The number of aryl methyl sites for hydroxylation is 1. The van der Waals surface area contributed by atoms with Gasteiger partial charge in [0, 0.05) is 0 Å². The zero-order chi connectivity index (χ0) is 10.8. The van der Waals surface area contributed by atoms with E-state index in [1.165, 1.54) is 12.4 Å². The summed E-state index contributed by atoms with van der Waals surface area (Å²) in [6, 6.07) is 6.57. The first-order chi connectivity index (χ1) is 7.18. The third kappa shape index (κ3) is 1.71. The maximum Gasteiger partial charge on any atom is 0.335 e. The fourth-order valence-electron chi connectivity index (χ4n) is 1.32. The molecule has 0 aliphatic rings. The van der Waals surface area contributed by atoms with Gasteiger partial charge in [0.25, 0.3) is 0 Å². The van der Waals surface area contributed by atoms with E-state index in [9.17, 15) is 4.79 Å². The van der Waals surface area contributed by atoms with Gasteiger partial charge < -0.3 is 5.11 Å². The van der Waals surface area contributed by atoms with Crippen LogP contribution in [0.2, 0.25) is 0 Å². The van der Waals surface area contributed by atoms with E-state index in [1.807, 2.05) is 0 Å². The lowest BCUT2D eigenvalue weighted by Crippen LogP contribution is -2.02. The molecule has 5 heteroatoms. The van der Waals surface area contributed by atoms with Crippen LogP contribution in [0.15, 0.2) is 30.6 Å². The Morgan fingerprint density at radius 1 is 1.47 bits per heavy atom. The van der Waals surface area contributed by atoms with E-state index >= 15 is 0 Å². The van der Waals surface area contributed by atoms with Gasteiger partial charge in [-0.3, -0.25) is 0 Å². The minimum absolute atomic E-state index is 0.238. The number of aromatic nitrogens is 3. The molecule has 0 aliphatic carbocycles. The lowest BCUT2D eigenvalue weighted by molar-refractivity contribution is 0.0697. The van der Waals surface area contributed by atoms with Crippen molar-refractivity contribution in [2.45, 2.75) is 6.92 Å². The Hall–Kier alpha value is -2.17. The van der Waals surface area contributed by atoms with Crippen molar-refractivity contribution in [1.82, 2.24) is 14.8 Å². The standard InChI is InChI=1S/C10H9N3O2/c1-7-11-6-12-13(7)9-4-2-3-8(5-9)10(14)15/h2-6H,1H3,(H,14,15). The third-order valence-electron chi connectivity index (χ3n) is 2.06. The van der Waals surface area contributed by atoms with Crippen LogP contribution in [-0.4, -0.2) is 25.8 Å². The number of benzene rings is 1. The van der Waals surface area contributed by atoms with Crippen molar-refractivity contribution >= 4 is 5.97 Å². The maximum atomic E-state index is 10.8. The van der Waals surface area contributed by atoms with E-state index in [1.54, 1.807) is 29.8 Å². The zero-order valence-corrected chi connectivity index (χ0v) is 8.08. The van der Waals surface area contributed by atoms with Crippen LogP contribution in [0.3, 0.4) is 0 Å². The molecule has 1 N–H and O–H groups in total. The summed E-state index contributed by atoms with van der Waals surface area (Å²) in [5, 5.41) is 12.8. The lowest BCUT2D eigenvalue weighted by atomic mass is 10.2. The number of carbonyl (C=O) groups is 1. The molecule has 0 radical (unpaired) electrons. The Kier molecular flexibility index (Phi) is 2.21. The maximum absolute atomic E-state index is 10.8. The number of hydrogen-bond acceptors (Lipinski definition) is 3. The fraction of sp³-hybridized carbons (Fsp3) is 0.100. The highest BCUT2D eigenvalue weighted by atomic mass is 16.4. The predicted octanol–water partition coefficient (Wildman–Crippen LogP) is 1.27. The summed E-state index contributed by atoms with van der Waals surface area (Å²) in [6.45, 7) is 1.81. The molecule has 1 aromatic heterocycles. The van der Waals surface area contributed by atoms with Crippen molar-refractivity contribution in [3.05, 3.63) is 42.0 Å². The summed E-state index contributed by atoms with van der Waals surface area (Å²) in [7, 11) is 0. The Morgan fingerprint density at radius 3 is 2.87 bits per heavy atom. The molecule has 2 aromatic rings. The molecule has 2 rings (SSSR count). The normalized spacial score (nSPS) is 10.2. The monoisotopic (exact) mass is 203 g/mol. The van der Waals surface area contributed by atoms with Gasteiger partial charge in [-0.25, -0.2) is 14.5 Å². The van der Waals surface area contributed by atoms with E-state index < -0.39 is 5.97 Å². The molecule has 0 fully saturated rings. The molecule has 0 aliphatic heterocycles. The van der Waals surface area contributed by atoms with Crippen molar-refractivity contribution < 1.29 is 9.90 Å². The number of nitrogens with zero attached hydrogens (tertiary/aromatic N) is 3. The Morgan fingerprint density at radius 2 is 2.27 bits per heavy atom. The molecule has 5 nitrogen and oxygen atoms in total. The SMILES string of the molecule is Cc1ncnn1-c1cccc(C(=O)O)c1. The average Bonchev–Trinajstić information content (AvgIpc) is 2.64. The largest absolute Gasteiger partial charge is 0.478 e. The summed E-state index contributed by atoms with van der Waals surface area (Å²) in [5.41, 5.74) is 0.937. The first kappa shape index (κ1) is 9.39. The highest BCUT2D eigenvalue weighted by Gasteiger charge is 2.06. The zero-order valence-electron chi connectivity index (χ0n) is 8.08. The van der Waals surface area contributed by atoms with Gasteiger partial charge >= 0.3 is 5.97 Å². The molecule has 0 bridgehead atoms. The first-order valence-electron chi connectivity index (χ1n) is 4.39. The summed E-state index contributed by atoms with van der Waals surface area (Å²) >= 11 is 0. The minimum atomic E-state index is -0.949. The van der Waals surface area contributed by atoms with Gasteiger partial charge in [0.05, 0.1) is 11.3 Å². The topological polar surface area (TPSA) is 68.0 Å². The predicted molar refractivity (Wildman–Crippen MR) is 53.1 cm³/mol. The molecular weight excluding hydrogens is 194 g/mol. The van der Waals surface area contributed by atoms with Gasteiger partial charge in [-0.15, -0.1) is 0 Å². The number of hydrogen-bond donors (Lipinski definition) is 1. The number of rotatable bonds is 2. The molecular formula is C10H9N3O2. The van der Waals surface area contributed by atoms with Gasteiger partial charge in [0.2, 0.25) is 0 Å². The summed E-state index contributed by atoms with van der Waals surface area (Å²) < 4.78 is 1.59. The smallest absolute Gasteiger partial charge is 0.335 e. The number of aromatic carboxylic acids is 1. The summed E-state index contributed by atoms with van der Waals surface area (Å²) in [4.78, 5) is 14.7. The van der Waals surface area contributed by atoms with Crippen LogP contribution in [0.5, 0.6) is 0 Å². The molecule has 0 saturated heterocycles. The molecule has 76 valence electrons. The van der Waals surface area contributed by atoms with Gasteiger partial charge in [0.1, 0.15) is 12.2 Å². The van der Waals surface area contributed by atoms with Crippen LogP contribution < -0.4 is 0 Å². The van der Waals surface area contributed by atoms with Crippen LogP contribution in [0.25, 0.3) is 5.69 Å². The highest BCUT2D eigenvalue weighted by Crippen LogP contribution is 2.10. The summed E-state index contributed by atoms with van der Waals surface area (Å²) in [5.74, 6) is -0.229. The second-order valence-corrected chi connectivity index (χ2v) is 3.07. The van der Waals surface area contributed by atoms with E-state index in [0.29, 0.717) is 5.69 Å². The van der Waals surface area contributed by atoms with E-state index in [0.717, 1.165) is 5.82 Å². The molecule has 0 unspecified atom stereocenters. The molecule has 0 atom stereocenters. The molecule has 15 heavy (non-hydrogen) atoms. The first-order valence-corrected chi connectivity index (χ1v) is 4.39. The van der Waals surface area contributed by atoms with E-state index in [4.69, 9.17) is 5.11 Å². The minimum Gasteiger partial charge on any atom is -0.478 e. The second-order valence-electron chi connectivity index (χ2n) is 3.07. The Balaban J connectivity index is 2.50. The van der Waals surface area contributed by atoms with Crippen LogP contribution in [0.1, 0.15) is 16.2 Å². The number of carboxylic acid groups (broad SMARTS) is 1. The van der Waals surface area contributed by atoms with Crippen LogP contribution in [-0.2, 0) is 0 Å².